The molecule has 0 saturated carbocycles. The van der Waals surface area contributed by atoms with Crippen molar-refractivity contribution in [3.8, 4) is 0 Å². The highest BCUT2D eigenvalue weighted by Gasteiger charge is 2.34. The van der Waals surface area contributed by atoms with E-state index < -0.39 is 0 Å². The van der Waals surface area contributed by atoms with Gasteiger partial charge in [0.05, 0.1) is 18.8 Å². The van der Waals surface area contributed by atoms with E-state index in [1.165, 1.54) is 0 Å². The number of fused-ring (bicyclic) bond motifs is 2. The summed E-state index contributed by atoms with van der Waals surface area (Å²) in [6, 6.07) is 5.67. The Balaban J connectivity index is 1.90. The van der Waals surface area contributed by atoms with E-state index >= 15 is 0 Å². The molecule has 2 bridgehead atoms. The SMILES string of the molecule is OCc1ccc(Cl)cc1N1CC2CCC(C1)O2. The average molecular weight is 254 g/mol. The summed E-state index contributed by atoms with van der Waals surface area (Å²) in [5.41, 5.74) is 2.00. The molecule has 17 heavy (non-hydrogen) atoms. The van der Waals surface area contributed by atoms with E-state index in [-0.39, 0.29) is 6.61 Å². The number of benzene rings is 1. The molecule has 2 fully saturated rings. The number of hydrogen-bond acceptors (Lipinski definition) is 3. The molecule has 2 atom stereocenters. The number of nitrogens with zero attached hydrogens (tertiary/aromatic N) is 1. The zero-order valence-electron chi connectivity index (χ0n) is 9.60. The normalized spacial score (nSPS) is 27.5. The fourth-order valence-electron chi connectivity index (χ4n) is 2.78. The molecule has 2 aliphatic rings. The Morgan fingerprint density at radius 2 is 2.00 bits per heavy atom. The Morgan fingerprint density at radius 1 is 1.29 bits per heavy atom. The topological polar surface area (TPSA) is 32.7 Å². The summed E-state index contributed by atoms with van der Waals surface area (Å²) in [6.07, 6.45) is 2.99. The second-order valence-corrected chi connectivity index (χ2v) is 5.23. The number of anilines is 1. The molecule has 2 aliphatic heterocycles. The maximum Gasteiger partial charge on any atom is 0.0755 e. The number of aliphatic hydroxyl groups is 1. The summed E-state index contributed by atoms with van der Waals surface area (Å²) in [5, 5.41) is 10.1. The van der Waals surface area contributed by atoms with Gasteiger partial charge in [-0.25, -0.2) is 0 Å². The lowest BCUT2D eigenvalue weighted by Gasteiger charge is -2.35. The molecule has 1 aromatic rings. The quantitative estimate of drug-likeness (QED) is 0.877. The molecule has 2 heterocycles. The largest absolute Gasteiger partial charge is 0.392 e. The van der Waals surface area contributed by atoms with Crippen LogP contribution < -0.4 is 4.90 Å². The molecule has 0 amide bonds. The van der Waals surface area contributed by atoms with Crippen LogP contribution in [0.15, 0.2) is 18.2 Å². The first kappa shape index (κ1) is 11.3. The predicted molar refractivity (Wildman–Crippen MR) is 67.5 cm³/mol. The van der Waals surface area contributed by atoms with E-state index in [2.05, 4.69) is 4.90 Å². The minimum absolute atomic E-state index is 0.0548. The highest BCUT2D eigenvalue weighted by molar-refractivity contribution is 6.30. The van der Waals surface area contributed by atoms with E-state index in [4.69, 9.17) is 16.3 Å². The average Bonchev–Trinajstić information content (AvgIpc) is 2.68. The lowest BCUT2D eigenvalue weighted by molar-refractivity contribution is 0.0303. The van der Waals surface area contributed by atoms with Crippen LogP contribution in [-0.4, -0.2) is 30.4 Å². The highest BCUT2D eigenvalue weighted by Crippen LogP contribution is 2.32. The fourth-order valence-corrected chi connectivity index (χ4v) is 2.94. The van der Waals surface area contributed by atoms with Crippen LogP contribution in [0, 0.1) is 0 Å². The smallest absolute Gasteiger partial charge is 0.0755 e. The number of hydrogen-bond donors (Lipinski definition) is 1. The molecular formula is C13H16ClNO2. The maximum atomic E-state index is 9.39. The number of rotatable bonds is 2. The first-order valence-corrected chi connectivity index (χ1v) is 6.44. The van der Waals surface area contributed by atoms with Crippen LogP contribution in [0.5, 0.6) is 0 Å². The minimum atomic E-state index is 0.0548. The summed E-state index contributed by atoms with van der Waals surface area (Å²) >= 11 is 6.04. The van der Waals surface area contributed by atoms with E-state index in [9.17, 15) is 5.11 Å². The van der Waals surface area contributed by atoms with Crippen molar-refractivity contribution in [1.82, 2.24) is 0 Å². The van der Waals surface area contributed by atoms with Crippen LogP contribution in [-0.2, 0) is 11.3 Å². The van der Waals surface area contributed by atoms with Gasteiger partial charge in [-0.1, -0.05) is 17.7 Å². The molecule has 2 saturated heterocycles. The monoisotopic (exact) mass is 253 g/mol. The summed E-state index contributed by atoms with van der Waals surface area (Å²) < 4.78 is 5.82. The van der Waals surface area contributed by atoms with Crippen molar-refractivity contribution in [1.29, 1.82) is 0 Å². The Kier molecular flexibility index (Phi) is 2.99. The minimum Gasteiger partial charge on any atom is -0.392 e. The highest BCUT2D eigenvalue weighted by atomic mass is 35.5. The summed E-state index contributed by atoms with van der Waals surface area (Å²) in [5.74, 6) is 0. The molecule has 3 rings (SSSR count). The molecule has 92 valence electrons. The van der Waals surface area contributed by atoms with Gasteiger partial charge in [0.25, 0.3) is 0 Å². The molecule has 0 radical (unpaired) electrons. The Bertz CT molecular complexity index is 412. The summed E-state index contributed by atoms with van der Waals surface area (Å²) in [6.45, 7) is 1.87. The second-order valence-electron chi connectivity index (χ2n) is 4.79. The van der Waals surface area contributed by atoms with Crippen LogP contribution in [0.4, 0.5) is 5.69 Å². The zero-order valence-corrected chi connectivity index (χ0v) is 10.4. The Labute approximate surface area is 106 Å². The fraction of sp³-hybridized carbons (Fsp3) is 0.538. The number of morpholine rings is 1. The Morgan fingerprint density at radius 3 is 2.65 bits per heavy atom. The third-order valence-corrected chi connectivity index (χ3v) is 3.84. The molecule has 1 N–H and O–H groups in total. The van der Waals surface area contributed by atoms with E-state index in [1.807, 2.05) is 18.2 Å². The van der Waals surface area contributed by atoms with Gasteiger partial charge in [-0.15, -0.1) is 0 Å². The van der Waals surface area contributed by atoms with Crippen LogP contribution in [0.3, 0.4) is 0 Å². The van der Waals surface area contributed by atoms with Gasteiger partial charge in [-0.3, -0.25) is 0 Å². The third-order valence-electron chi connectivity index (χ3n) is 3.60. The summed E-state index contributed by atoms with van der Waals surface area (Å²) in [4.78, 5) is 2.29. The third kappa shape index (κ3) is 2.15. The zero-order chi connectivity index (χ0) is 11.8. The van der Waals surface area contributed by atoms with E-state index in [0.717, 1.165) is 42.2 Å². The van der Waals surface area contributed by atoms with Gasteiger partial charge in [0.2, 0.25) is 0 Å². The second kappa shape index (κ2) is 4.48. The molecule has 2 unspecified atom stereocenters. The van der Waals surface area contributed by atoms with Crippen LogP contribution in [0.2, 0.25) is 5.02 Å². The van der Waals surface area contributed by atoms with Crippen molar-refractivity contribution in [2.75, 3.05) is 18.0 Å². The van der Waals surface area contributed by atoms with E-state index in [0.29, 0.717) is 12.2 Å². The van der Waals surface area contributed by atoms with Gasteiger partial charge in [-0.05, 0) is 25.0 Å². The molecule has 0 aliphatic carbocycles. The first-order valence-electron chi connectivity index (χ1n) is 6.06. The summed E-state index contributed by atoms with van der Waals surface area (Å²) in [7, 11) is 0. The van der Waals surface area contributed by atoms with E-state index in [1.54, 1.807) is 0 Å². The van der Waals surface area contributed by atoms with Crippen molar-refractivity contribution in [3.05, 3.63) is 28.8 Å². The van der Waals surface area contributed by atoms with Crippen molar-refractivity contribution < 1.29 is 9.84 Å². The molecule has 1 aromatic carbocycles. The number of aliphatic hydroxyl groups excluding tert-OH is 1. The van der Waals surface area contributed by atoms with Gasteiger partial charge < -0.3 is 14.7 Å². The molecule has 0 spiro atoms. The van der Waals surface area contributed by atoms with Crippen molar-refractivity contribution in [2.45, 2.75) is 31.7 Å². The van der Waals surface area contributed by atoms with Gasteiger partial charge in [-0.2, -0.15) is 0 Å². The number of halogens is 1. The maximum absolute atomic E-state index is 9.39. The van der Waals surface area contributed by atoms with Crippen molar-refractivity contribution in [3.63, 3.8) is 0 Å². The van der Waals surface area contributed by atoms with Gasteiger partial charge in [0, 0.05) is 29.4 Å². The van der Waals surface area contributed by atoms with Crippen LogP contribution in [0.1, 0.15) is 18.4 Å². The molecule has 0 aromatic heterocycles. The Hall–Kier alpha value is -0.770. The molecule has 4 heteroatoms. The number of ether oxygens (including phenoxy) is 1. The van der Waals surface area contributed by atoms with Gasteiger partial charge in [0.15, 0.2) is 0 Å². The first-order chi connectivity index (χ1) is 8.26. The standard InChI is InChI=1S/C13H16ClNO2/c14-10-2-1-9(8-16)13(5-10)15-6-11-3-4-12(7-15)17-11/h1-2,5,11-12,16H,3-4,6-8H2. The lowest BCUT2D eigenvalue weighted by atomic mass is 10.1. The molecular weight excluding hydrogens is 238 g/mol. The van der Waals surface area contributed by atoms with Crippen molar-refractivity contribution >= 4 is 17.3 Å². The van der Waals surface area contributed by atoms with Crippen LogP contribution in [0.25, 0.3) is 0 Å². The lowest BCUT2D eigenvalue weighted by Crippen LogP contribution is -2.43. The van der Waals surface area contributed by atoms with Gasteiger partial charge >= 0.3 is 0 Å². The van der Waals surface area contributed by atoms with Crippen molar-refractivity contribution in [2.24, 2.45) is 0 Å². The van der Waals surface area contributed by atoms with Crippen LogP contribution >= 0.6 is 11.6 Å². The van der Waals surface area contributed by atoms with Gasteiger partial charge in [0.1, 0.15) is 0 Å². The predicted octanol–water partition coefficient (Wildman–Crippen LogP) is 2.20. The molecule has 3 nitrogen and oxygen atoms in total.